The second-order valence-electron chi connectivity index (χ2n) is 7.74. The highest BCUT2D eigenvalue weighted by atomic mass is 19.4. The van der Waals surface area contributed by atoms with Gasteiger partial charge in [0.2, 0.25) is 11.9 Å². The molecule has 1 aliphatic rings. The molecule has 1 saturated heterocycles. The maximum Gasteiger partial charge on any atom is 0.416 e. The molecule has 1 atom stereocenters. The fourth-order valence-electron chi connectivity index (χ4n) is 3.58. The Labute approximate surface area is 179 Å². The molecule has 2 heterocycles. The molecule has 3 rings (SSSR count). The van der Waals surface area contributed by atoms with E-state index in [9.17, 15) is 18.0 Å². The second kappa shape index (κ2) is 9.40. The van der Waals surface area contributed by atoms with Gasteiger partial charge in [0.25, 0.3) is 0 Å². The highest BCUT2D eigenvalue weighted by molar-refractivity contribution is 5.73. The number of hydrogen-bond acceptors (Lipinski definition) is 6. The van der Waals surface area contributed by atoms with Gasteiger partial charge in [0, 0.05) is 49.2 Å². The van der Waals surface area contributed by atoms with Crippen LogP contribution in [0.25, 0.3) is 0 Å². The summed E-state index contributed by atoms with van der Waals surface area (Å²) < 4.78 is 39.4. The number of nitrogens with zero attached hydrogens (tertiary/aromatic N) is 3. The van der Waals surface area contributed by atoms with Gasteiger partial charge < -0.3 is 21.3 Å². The Morgan fingerprint density at radius 2 is 2.03 bits per heavy atom. The summed E-state index contributed by atoms with van der Waals surface area (Å²) >= 11 is 0. The smallest absolute Gasteiger partial charge is 0.399 e. The van der Waals surface area contributed by atoms with E-state index in [1.54, 1.807) is 0 Å². The zero-order valence-corrected chi connectivity index (χ0v) is 17.6. The number of rotatable bonds is 7. The first-order valence-corrected chi connectivity index (χ1v) is 10.3. The van der Waals surface area contributed by atoms with Crippen molar-refractivity contribution in [3.05, 3.63) is 35.5 Å². The van der Waals surface area contributed by atoms with E-state index >= 15 is 0 Å². The zero-order chi connectivity index (χ0) is 22.6. The SMILES string of the molecule is CCCCc1cc(N2CC[C@H](NC(C)=O)C2)nc(Nc2cc(N)cc(C(F)(F)F)c2)n1. The lowest BCUT2D eigenvalue weighted by molar-refractivity contribution is -0.137. The van der Waals surface area contributed by atoms with Crippen molar-refractivity contribution in [3.63, 3.8) is 0 Å². The largest absolute Gasteiger partial charge is 0.416 e. The molecule has 0 saturated carbocycles. The molecule has 1 aromatic carbocycles. The number of carbonyl (C=O) groups excluding carboxylic acids is 1. The lowest BCUT2D eigenvalue weighted by atomic mass is 10.1. The van der Waals surface area contributed by atoms with Crippen LogP contribution in [0.3, 0.4) is 0 Å². The Balaban J connectivity index is 1.87. The lowest BCUT2D eigenvalue weighted by Gasteiger charge is -2.20. The van der Waals surface area contributed by atoms with Crippen LogP contribution in [0.1, 0.15) is 44.4 Å². The van der Waals surface area contributed by atoms with E-state index in [-0.39, 0.29) is 29.3 Å². The first-order chi connectivity index (χ1) is 14.6. The maximum atomic E-state index is 13.1. The molecule has 168 valence electrons. The van der Waals surface area contributed by atoms with E-state index in [0.29, 0.717) is 18.9 Å². The summed E-state index contributed by atoms with van der Waals surface area (Å²) in [7, 11) is 0. The first-order valence-electron chi connectivity index (χ1n) is 10.3. The van der Waals surface area contributed by atoms with Crippen LogP contribution < -0.4 is 21.3 Å². The molecule has 2 aromatic rings. The molecule has 31 heavy (non-hydrogen) atoms. The molecule has 0 radical (unpaired) electrons. The molecular weight excluding hydrogens is 409 g/mol. The monoisotopic (exact) mass is 436 g/mol. The van der Waals surface area contributed by atoms with Crippen LogP contribution in [0.2, 0.25) is 0 Å². The van der Waals surface area contributed by atoms with Crippen LogP contribution in [0, 0.1) is 0 Å². The fourth-order valence-corrected chi connectivity index (χ4v) is 3.58. The Hall–Kier alpha value is -3.04. The summed E-state index contributed by atoms with van der Waals surface area (Å²) in [5.41, 5.74) is 5.80. The predicted molar refractivity (Wildman–Crippen MR) is 114 cm³/mol. The van der Waals surface area contributed by atoms with Crippen molar-refractivity contribution in [1.82, 2.24) is 15.3 Å². The van der Waals surface area contributed by atoms with Crippen molar-refractivity contribution >= 4 is 29.0 Å². The molecule has 1 amide bonds. The van der Waals surface area contributed by atoms with Crippen molar-refractivity contribution in [1.29, 1.82) is 0 Å². The number of aryl methyl sites for hydroxylation is 1. The normalized spacial score (nSPS) is 16.4. The Kier molecular flexibility index (Phi) is 6.87. The quantitative estimate of drug-likeness (QED) is 0.570. The molecule has 0 aliphatic carbocycles. The molecule has 10 heteroatoms. The van der Waals surface area contributed by atoms with Gasteiger partial charge in [-0.3, -0.25) is 4.79 Å². The zero-order valence-electron chi connectivity index (χ0n) is 17.6. The van der Waals surface area contributed by atoms with Crippen LogP contribution in [0.15, 0.2) is 24.3 Å². The van der Waals surface area contributed by atoms with Gasteiger partial charge in [0.05, 0.1) is 5.56 Å². The summed E-state index contributed by atoms with van der Waals surface area (Å²) in [5.74, 6) is 0.810. The highest BCUT2D eigenvalue weighted by Crippen LogP contribution is 2.33. The number of anilines is 4. The number of nitrogens with one attached hydrogen (secondary N) is 2. The number of alkyl halides is 3. The minimum atomic E-state index is -4.50. The summed E-state index contributed by atoms with van der Waals surface area (Å²) in [6.07, 6.45) is -1.06. The maximum absolute atomic E-state index is 13.1. The van der Waals surface area contributed by atoms with Gasteiger partial charge in [0.15, 0.2) is 0 Å². The number of amides is 1. The fraction of sp³-hybridized carbons (Fsp3) is 0.476. The third-order valence-corrected chi connectivity index (χ3v) is 5.01. The summed E-state index contributed by atoms with van der Waals surface area (Å²) in [6, 6.07) is 5.23. The van der Waals surface area contributed by atoms with E-state index in [1.807, 2.05) is 11.0 Å². The molecule has 1 aromatic heterocycles. The minimum absolute atomic E-state index is 0.00243. The topological polar surface area (TPSA) is 96.2 Å². The molecule has 1 fully saturated rings. The van der Waals surface area contributed by atoms with Gasteiger partial charge in [-0.1, -0.05) is 13.3 Å². The van der Waals surface area contributed by atoms with Crippen LogP contribution in [-0.4, -0.2) is 35.0 Å². The van der Waals surface area contributed by atoms with Gasteiger partial charge in [-0.2, -0.15) is 18.2 Å². The van der Waals surface area contributed by atoms with Crippen molar-refractivity contribution in [3.8, 4) is 0 Å². The highest BCUT2D eigenvalue weighted by Gasteiger charge is 2.31. The second-order valence-corrected chi connectivity index (χ2v) is 7.74. The van der Waals surface area contributed by atoms with Crippen molar-refractivity contribution in [2.24, 2.45) is 0 Å². The van der Waals surface area contributed by atoms with Crippen LogP contribution in [0.4, 0.5) is 36.3 Å². The molecule has 0 spiro atoms. The number of hydrogen-bond donors (Lipinski definition) is 3. The number of unbranched alkanes of at least 4 members (excludes halogenated alkanes) is 1. The van der Waals surface area contributed by atoms with Gasteiger partial charge in [-0.25, -0.2) is 4.98 Å². The number of nitrogen functional groups attached to an aromatic ring is 1. The average molecular weight is 436 g/mol. The van der Waals surface area contributed by atoms with E-state index in [0.717, 1.165) is 43.5 Å². The van der Waals surface area contributed by atoms with Gasteiger partial charge in [-0.15, -0.1) is 0 Å². The first kappa shape index (κ1) is 22.6. The minimum Gasteiger partial charge on any atom is -0.399 e. The number of aromatic nitrogens is 2. The standard InChI is InChI=1S/C21H27F3N6O/c1-3-4-5-16-11-19(30-7-6-17(12-30)26-13(2)31)29-20(27-16)28-18-9-14(21(22,23)24)8-15(25)10-18/h8-11,17H,3-7,12,25H2,1-2H3,(H,26,31)(H,27,28,29)/t17-/m0/s1. The average Bonchev–Trinajstić information content (AvgIpc) is 3.13. The summed E-state index contributed by atoms with van der Waals surface area (Å²) in [6.45, 7) is 4.88. The van der Waals surface area contributed by atoms with Crippen LogP contribution in [0.5, 0.6) is 0 Å². The van der Waals surface area contributed by atoms with E-state index in [2.05, 4.69) is 27.5 Å². The molecule has 1 aliphatic heterocycles. The number of halogens is 3. The third kappa shape index (κ3) is 6.22. The number of carbonyl (C=O) groups is 1. The van der Waals surface area contributed by atoms with Crippen LogP contribution in [-0.2, 0) is 17.4 Å². The molecule has 7 nitrogen and oxygen atoms in total. The number of benzene rings is 1. The van der Waals surface area contributed by atoms with E-state index < -0.39 is 11.7 Å². The molecular formula is C21H27F3N6O. The Morgan fingerprint density at radius 1 is 1.26 bits per heavy atom. The molecule has 4 N–H and O–H groups in total. The summed E-state index contributed by atoms with van der Waals surface area (Å²) in [5, 5.41) is 5.79. The van der Waals surface area contributed by atoms with Crippen molar-refractivity contribution < 1.29 is 18.0 Å². The van der Waals surface area contributed by atoms with Crippen molar-refractivity contribution in [2.45, 2.75) is 51.7 Å². The van der Waals surface area contributed by atoms with Gasteiger partial charge in [0.1, 0.15) is 5.82 Å². The Morgan fingerprint density at radius 3 is 2.71 bits per heavy atom. The van der Waals surface area contributed by atoms with Gasteiger partial charge >= 0.3 is 6.18 Å². The number of nitrogens with two attached hydrogens (primary N) is 1. The lowest BCUT2D eigenvalue weighted by Crippen LogP contribution is -2.35. The Bertz CT molecular complexity index is 934. The van der Waals surface area contributed by atoms with Crippen LogP contribution >= 0.6 is 0 Å². The predicted octanol–water partition coefficient (Wildman–Crippen LogP) is 3.88. The molecule has 0 bridgehead atoms. The van der Waals surface area contributed by atoms with Crippen molar-refractivity contribution in [2.75, 3.05) is 29.0 Å². The van der Waals surface area contributed by atoms with Gasteiger partial charge in [-0.05, 0) is 37.5 Å². The van der Waals surface area contributed by atoms with E-state index in [1.165, 1.54) is 13.0 Å². The van der Waals surface area contributed by atoms with E-state index in [4.69, 9.17) is 5.73 Å². The molecule has 0 unspecified atom stereocenters. The third-order valence-electron chi connectivity index (χ3n) is 5.01. The summed E-state index contributed by atoms with van der Waals surface area (Å²) in [4.78, 5) is 22.4.